The first kappa shape index (κ1) is 21.1. The maximum atomic E-state index is 12.8. The van der Waals surface area contributed by atoms with E-state index in [1.807, 2.05) is 30.0 Å². The fourth-order valence-corrected chi connectivity index (χ4v) is 4.91. The number of piperidine rings is 1. The molecule has 2 aromatic rings. The number of aromatic nitrogens is 2. The van der Waals surface area contributed by atoms with E-state index in [1.54, 1.807) is 11.8 Å². The zero-order valence-corrected chi connectivity index (χ0v) is 18.7. The molecule has 0 unspecified atom stereocenters. The third-order valence-corrected chi connectivity index (χ3v) is 6.68. The number of thioether (sulfide) groups is 1. The molecule has 2 saturated heterocycles. The van der Waals surface area contributed by atoms with Gasteiger partial charge in [-0.25, -0.2) is 9.97 Å². The number of morpholine rings is 1. The molecule has 2 aliphatic heterocycles. The van der Waals surface area contributed by atoms with Crippen LogP contribution in [0.25, 0.3) is 0 Å². The van der Waals surface area contributed by atoms with Gasteiger partial charge in [0.15, 0.2) is 5.16 Å². The minimum atomic E-state index is 0.0818. The lowest BCUT2D eigenvalue weighted by atomic mass is 10.0. The molecule has 1 amide bonds. The van der Waals surface area contributed by atoms with Crippen LogP contribution in [-0.4, -0.2) is 59.7 Å². The number of benzene rings is 1. The van der Waals surface area contributed by atoms with Crippen molar-refractivity contribution in [2.45, 2.75) is 50.1 Å². The molecule has 0 aliphatic carbocycles. The van der Waals surface area contributed by atoms with E-state index in [2.05, 4.69) is 28.9 Å². The van der Waals surface area contributed by atoms with E-state index in [9.17, 15) is 4.79 Å². The highest BCUT2D eigenvalue weighted by molar-refractivity contribution is 7.98. The van der Waals surface area contributed by atoms with Gasteiger partial charge < -0.3 is 14.5 Å². The minimum absolute atomic E-state index is 0.0818. The van der Waals surface area contributed by atoms with Gasteiger partial charge in [-0.2, -0.15) is 0 Å². The molecule has 7 heteroatoms. The zero-order chi connectivity index (χ0) is 20.9. The van der Waals surface area contributed by atoms with Crippen molar-refractivity contribution in [3.8, 4) is 0 Å². The van der Waals surface area contributed by atoms with Crippen molar-refractivity contribution in [1.29, 1.82) is 0 Å². The van der Waals surface area contributed by atoms with E-state index in [4.69, 9.17) is 9.72 Å². The fourth-order valence-electron chi connectivity index (χ4n) is 4.07. The van der Waals surface area contributed by atoms with Crippen LogP contribution in [0.15, 0.2) is 35.5 Å². The summed E-state index contributed by atoms with van der Waals surface area (Å²) in [6, 6.07) is 10.5. The molecule has 2 aliphatic rings. The molecule has 0 bridgehead atoms. The third-order valence-electron chi connectivity index (χ3n) is 5.76. The van der Waals surface area contributed by atoms with Gasteiger partial charge in [-0.05, 0) is 50.8 Å². The highest BCUT2D eigenvalue weighted by atomic mass is 32.2. The zero-order valence-electron chi connectivity index (χ0n) is 17.8. The van der Waals surface area contributed by atoms with Gasteiger partial charge in [0, 0.05) is 48.8 Å². The van der Waals surface area contributed by atoms with Crippen LogP contribution in [0.2, 0.25) is 0 Å². The van der Waals surface area contributed by atoms with E-state index in [0.29, 0.717) is 32.3 Å². The van der Waals surface area contributed by atoms with Gasteiger partial charge in [0.05, 0.1) is 13.2 Å². The standard InChI is InChI=1S/C23H30N4O2S/c1-17-14-21(27-9-4-3-6-18(27)2)25-23(24-17)30-16-19-7-5-8-20(15-19)22(28)26-10-12-29-13-11-26/h5,7-8,14-15,18H,3-4,6,9-13,16H2,1-2H3/t18-/m0/s1. The van der Waals surface area contributed by atoms with Crippen molar-refractivity contribution >= 4 is 23.5 Å². The number of carbonyl (C=O) groups is 1. The molecular formula is C23H30N4O2S. The summed E-state index contributed by atoms with van der Waals surface area (Å²) in [6.07, 6.45) is 3.73. The molecule has 0 radical (unpaired) electrons. The number of anilines is 1. The van der Waals surface area contributed by atoms with Crippen LogP contribution in [0.5, 0.6) is 0 Å². The normalized spacial score (nSPS) is 19.7. The number of nitrogens with zero attached hydrogens (tertiary/aromatic N) is 4. The molecule has 1 aromatic heterocycles. The van der Waals surface area contributed by atoms with Crippen LogP contribution in [0.3, 0.4) is 0 Å². The molecule has 3 heterocycles. The monoisotopic (exact) mass is 426 g/mol. The molecule has 4 rings (SSSR count). The lowest BCUT2D eigenvalue weighted by molar-refractivity contribution is 0.0303. The van der Waals surface area contributed by atoms with Gasteiger partial charge >= 0.3 is 0 Å². The second-order valence-corrected chi connectivity index (χ2v) is 9.02. The van der Waals surface area contributed by atoms with Crippen LogP contribution in [0.1, 0.15) is 47.8 Å². The lowest BCUT2D eigenvalue weighted by Crippen LogP contribution is -2.40. The van der Waals surface area contributed by atoms with Crippen molar-refractivity contribution in [1.82, 2.24) is 14.9 Å². The fraction of sp³-hybridized carbons (Fsp3) is 0.522. The number of carbonyl (C=O) groups excluding carboxylic acids is 1. The van der Waals surface area contributed by atoms with E-state index < -0.39 is 0 Å². The predicted octanol–water partition coefficient (Wildman–Crippen LogP) is 3.93. The van der Waals surface area contributed by atoms with E-state index in [-0.39, 0.29) is 5.91 Å². The molecular weight excluding hydrogens is 396 g/mol. The summed E-state index contributed by atoms with van der Waals surface area (Å²) in [5.74, 6) is 1.86. The van der Waals surface area contributed by atoms with Crippen LogP contribution < -0.4 is 4.90 Å². The summed E-state index contributed by atoms with van der Waals surface area (Å²) in [4.78, 5) is 26.5. The predicted molar refractivity (Wildman–Crippen MR) is 120 cm³/mol. The third kappa shape index (κ3) is 5.13. The van der Waals surface area contributed by atoms with Gasteiger partial charge in [0.1, 0.15) is 5.82 Å². The van der Waals surface area contributed by atoms with Crippen molar-refractivity contribution in [2.75, 3.05) is 37.7 Å². The summed E-state index contributed by atoms with van der Waals surface area (Å²) in [5, 5.41) is 0.799. The second kappa shape index (κ2) is 9.79. The number of hydrogen-bond donors (Lipinski definition) is 0. The Bertz CT molecular complexity index is 885. The van der Waals surface area contributed by atoms with Gasteiger partial charge in [0.25, 0.3) is 5.91 Å². The summed E-state index contributed by atoms with van der Waals surface area (Å²) in [7, 11) is 0. The Morgan fingerprint density at radius 3 is 2.80 bits per heavy atom. The number of aryl methyl sites for hydroxylation is 1. The number of hydrogen-bond acceptors (Lipinski definition) is 6. The molecule has 30 heavy (non-hydrogen) atoms. The summed E-state index contributed by atoms with van der Waals surface area (Å²) in [6.45, 7) is 7.92. The van der Waals surface area contributed by atoms with E-state index in [1.165, 1.54) is 19.3 Å². The Labute approximate surface area is 183 Å². The Morgan fingerprint density at radius 2 is 2.00 bits per heavy atom. The molecule has 160 valence electrons. The Morgan fingerprint density at radius 1 is 1.17 bits per heavy atom. The van der Waals surface area contributed by atoms with Gasteiger partial charge in [0.2, 0.25) is 0 Å². The highest BCUT2D eigenvalue weighted by Gasteiger charge is 2.21. The van der Waals surface area contributed by atoms with Gasteiger partial charge in [-0.3, -0.25) is 4.79 Å². The Balaban J connectivity index is 1.44. The average Bonchev–Trinajstić information content (AvgIpc) is 2.78. The number of ether oxygens (including phenoxy) is 1. The molecule has 0 N–H and O–H groups in total. The molecule has 1 aromatic carbocycles. The minimum Gasteiger partial charge on any atom is -0.378 e. The average molecular weight is 427 g/mol. The molecule has 0 saturated carbocycles. The van der Waals surface area contributed by atoms with Crippen molar-refractivity contribution in [3.05, 3.63) is 47.2 Å². The smallest absolute Gasteiger partial charge is 0.254 e. The summed E-state index contributed by atoms with van der Waals surface area (Å²) < 4.78 is 5.35. The lowest BCUT2D eigenvalue weighted by Gasteiger charge is -2.34. The summed E-state index contributed by atoms with van der Waals surface area (Å²) >= 11 is 1.63. The van der Waals surface area contributed by atoms with Crippen LogP contribution >= 0.6 is 11.8 Å². The van der Waals surface area contributed by atoms with Crippen LogP contribution in [-0.2, 0) is 10.5 Å². The molecule has 0 spiro atoms. The molecule has 1 atom stereocenters. The Hall–Kier alpha value is -2.12. The van der Waals surface area contributed by atoms with E-state index in [0.717, 1.165) is 40.1 Å². The van der Waals surface area contributed by atoms with Crippen molar-refractivity contribution in [3.63, 3.8) is 0 Å². The largest absolute Gasteiger partial charge is 0.378 e. The number of rotatable bonds is 5. The van der Waals surface area contributed by atoms with Crippen molar-refractivity contribution < 1.29 is 9.53 Å². The SMILES string of the molecule is Cc1cc(N2CCCC[C@@H]2C)nc(SCc2cccc(C(=O)N3CCOCC3)c2)n1. The van der Waals surface area contributed by atoms with Gasteiger partial charge in [-0.15, -0.1) is 0 Å². The van der Waals surface area contributed by atoms with Crippen LogP contribution in [0.4, 0.5) is 5.82 Å². The summed E-state index contributed by atoms with van der Waals surface area (Å²) in [5.41, 5.74) is 2.84. The Kier molecular flexibility index (Phi) is 6.89. The molecule has 2 fully saturated rings. The first-order valence-corrected chi connectivity index (χ1v) is 11.8. The number of amides is 1. The maximum absolute atomic E-state index is 12.8. The topological polar surface area (TPSA) is 58.6 Å². The first-order valence-electron chi connectivity index (χ1n) is 10.8. The van der Waals surface area contributed by atoms with Crippen LogP contribution in [0, 0.1) is 6.92 Å². The quantitative estimate of drug-likeness (QED) is 0.533. The second-order valence-electron chi connectivity index (χ2n) is 8.08. The van der Waals surface area contributed by atoms with Crippen molar-refractivity contribution in [2.24, 2.45) is 0 Å². The highest BCUT2D eigenvalue weighted by Crippen LogP contribution is 2.27. The maximum Gasteiger partial charge on any atom is 0.254 e. The first-order chi connectivity index (χ1) is 14.6. The van der Waals surface area contributed by atoms with Gasteiger partial charge in [-0.1, -0.05) is 23.9 Å². The van der Waals surface area contributed by atoms with E-state index >= 15 is 0 Å². The molecule has 6 nitrogen and oxygen atoms in total.